The molecular weight excluding hydrogens is 292 g/mol. The summed E-state index contributed by atoms with van der Waals surface area (Å²) in [6.45, 7) is 4.51. The first kappa shape index (κ1) is 14.5. The molecule has 0 aliphatic rings. The summed E-state index contributed by atoms with van der Waals surface area (Å²) in [5, 5.41) is 9.57. The van der Waals surface area contributed by atoms with Crippen molar-refractivity contribution in [2.24, 2.45) is 0 Å². The van der Waals surface area contributed by atoms with E-state index < -0.39 is 0 Å². The van der Waals surface area contributed by atoms with Crippen LogP contribution in [0.2, 0.25) is 0 Å². The molecule has 2 heterocycles. The predicted octanol–water partition coefficient (Wildman–Crippen LogP) is 3.82. The van der Waals surface area contributed by atoms with Crippen molar-refractivity contribution in [3.05, 3.63) is 73.1 Å². The van der Waals surface area contributed by atoms with Gasteiger partial charge in [-0.25, -0.2) is 0 Å². The molecule has 0 radical (unpaired) electrons. The molecule has 0 fully saturated rings. The van der Waals surface area contributed by atoms with Gasteiger partial charge >= 0.3 is 0 Å². The van der Waals surface area contributed by atoms with E-state index in [0.29, 0.717) is 6.54 Å². The molecule has 3 aromatic rings. The fourth-order valence-corrected chi connectivity index (χ4v) is 3.03. The second kappa shape index (κ2) is 7.04. The Hall–Kier alpha value is -2.40. The Morgan fingerprint density at radius 3 is 2.55 bits per heavy atom. The second-order valence-electron chi connectivity index (χ2n) is 4.72. The third kappa shape index (κ3) is 3.26. The minimum Gasteiger partial charge on any atom is -0.298 e. The third-order valence-electron chi connectivity index (χ3n) is 3.18. The number of hydrogen-bond donors (Lipinski definition) is 0. The van der Waals surface area contributed by atoms with Gasteiger partial charge in [-0.2, -0.15) is 0 Å². The summed E-state index contributed by atoms with van der Waals surface area (Å²) in [6.07, 6.45) is 5.39. The first-order valence-electron chi connectivity index (χ1n) is 6.99. The minimum atomic E-state index is 0.682. The van der Waals surface area contributed by atoms with Crippen LogP contribution >= 0.6 is 11.8 Å². The Morgan fingerprint density at radius 1 is 1.05 bits per heavy atom. The highest BCUT2D eigenvalue weighted by Gasteiger charge is 2.13. The number of aromatic nitrogens is 4. The van der Waals surface area contributed by atoms with E-state index in [2.05, 4.69) is 38.5 Å². The van der Waals surface area contributed by atoms with Gasteiger partial charge in [-0.3, -0.25) is 9.55 Å². The summed E-state index contributed by atoms with van der Waals surface area (Å²) in [4.78, 5) is 4.05. The van der Waals surface area contributed by atoms with Crippen LogP contribution in [0.15, 0.2) is 72.7 Å². The van der Waals surface area contributed by atoms with Crippen molar-refractivity contribution >= 4 is 11.8 Å². The van der Waals surface area contributed by atoms with Gasteiger partial charge in [0.1, 0.15) is 0 Å². The molecule has 0 atom stereocenters. The lowest BCUT2D eigenvalue weighted by atomic mass is 10.2. The Balaban J connectivity index is 1.85. The predicted molar refractivity (Wildman–Crippen MR) is 89.5 cm³/mol. The Labute approximate surface area is 133 Å². The summed E-state index contributed by atoms with van der Waals surface area (Å²) < 4.78 is 2.08. The molecule has 0 aliphatic carbocycles. The largest absolute Gasteiger partial charge is 0.298 e. The molecule has 0 N–H and O–H groups in total. The fourth-order valence-electron chi connectivity index (χ4n) is 2.13. The highest BCUT2D eigenvalue weighted by atomic mass is 32.2. The highest BCUT2D eigenvalue weighted by molar-refractivity contribution is 7.98. The van der Waals surface area contributed by atoms with Gasteiger partial charge in [0.2, 0.25) is 0 Å². The molecule has 2 aromatic heterocycles. The average molecular weight is 308 g/mol. The van der Waals surface area contributed by atoms with Crippen molar-refractivity contribution in [1.82, 2.24) is 19.7 Å². The van der Waals surface area contributed by atoms with E-state index in [-0.39, 0.29) is 0 Å². The summed E-state index contributed by atoms with van der Waals surface area (Å²) >= 11 is 1.68. The van der Waals surface area contributed by atoms with Gasteiger partial charge in [0.15, 0.2) is 11.0 Å². The SMILES string of the molecule is C=CCn1c(SCc2ccccc2)nnc1-c1ccncc1. The zero-order chi connectivity index (χ0) is 15.2. The zero-order valence-corrected chi connectivity index (χ0v) is 12.9. The first-order valence-corrected chi connectivity index (χ1v) is 7.98. The molecular formula is C17H16N4S. The summed E-state index contributed by atoms with van der Waals surface area (Å²) in [7, 11) is 0. The molecule has 0 saturated heterocycles. The van der Waals surface area contributed by atoms with Gasteiger partial charge < -0.3 is 0 Å². The van der Waals surface area contributed by atoms with Crippen LogP contribution in [0.5, 0.6) is 0 Å². The maximum Gasteiger partial charge on any atom is 0.192 e. The van der Waals surface area contributed by atoms with Crippen LogP contribution in [0.4, 0.5) is 0 Å². The van der Waals surface area contributed by atoms with Crippen LogP contribution < -0.4 is 0 Å². The molecule has 22 heavy (non-hydrogen) atoms. The van der Waals surface area contributed by atoms with Gasteiger partial charge in [-0.15, -0.1) is 16.8 Å². The number of nitrogens with zero attached hydrogens (tertiary/aromatic N) is 4. The molecule has 0 spiro atoms. The number of rotatable bonds is 6. The third-order valence-corrected chi connectivity index (χ3v) is 4.22. The quantitative estimate of drug-likeness (QED) is 0.513. The van der Waals surface area contributed by atoms with Gasteiger partial charge in [0, 0.05) is 30.3 Å². The summed E-state index contributed by atoms with van der Waals surface area (Å²) in [6, 6.07) is 14.2. The molecule has 0 bridgehead atoms. The van der Waals surface area contributed by atoms with Gasteiger partial charge in [0.25, 0.3) is 0 Å². The van der Waals surface area contributed by atoms with Crippen molar-refractivity contribution in [2.75, 3.05) is 0 Å². The molecule has 4 nitrogen and oxygen atoms in total. The lowest BCUT2D eigenvalue weighted by molar-refractivity contribution is 0.731. The van der Waals surface area contributed by atoms with Crippen molar-refractivity contribution in [2.45, 2.75) is 17.5 Å². The van der Waals surface area contributed by atoms with Gasteiger partial charge in [-0.1, -0.05) is 48.2 Å². The second-order valence-corrected chi connectivity index (χ2v) is 5.66. The molecule has 0 saturated carbocycles. The zero-order valence-electron chi connectivity index (χ0n) is 12.1. The number of benzene rings is 1. The summed E-state index contributed by atoms with van der Waals surface area (Å²) in [5.41, 5.74) is 2.28. The average Bonchev–Trinajstić information content (AvgIpc) is 2.98. The van der Waals surface area contributed by atoms with Crippen LogP contribution in [0, 0.1) is 0 Å². The van der Waals surface area contributed by atoms with Gasteiger partial charge in [0.05, 0.1) is 0 Å². The Bertz CT molecular complexity index is 738. The lowest BCUT2D eigenvalue weighted by Gasteiger charge is -2.07. The molecule has 3 rings (SSSR count). The number of hydrogen-bond acceptors (Lipinski definition) is 4. The molecule has 0 unspecified atom stereocenters. The number of thioether (sulfide) groups is 1. The molecule has 1 aromatic carbocycles. The van der Waals surface area contributed by atoms with Crippen molar-refractivity contribution in [1.29, 1.82) is 0 Å². The van der Waals surface area contributed by atoms with E-state index >= 15 is 0 Å². The van der Waals surface area contributed by atoms with Crippen molar-refractivity contribution in [3.63, 3.8) is 0 Å². The van der Waals surface area contributed by atoms with Crippen LogP contribution in [-0.2, 0) is 12.3 Å². The van der Waals surface area contributed by atoms with Crippen LogP contribution in [-0.4, -0.2) is 19.7 Å². The monoisotopic (exact) mass is 308 g/mol. The van der Waals surface area contributed by atoms with Crippen LogP contribution in [0.3, 0.4) is 0 Å². The first-order chi connectivity index (χ1) is 10.9. The molecule has 5 heteroatoms. The van der Waals surface area contributed by atoms with E-state index in [4.69, 9.17) is 0 Å². The summed E-state index contributed by atoms with van der Waals surface area (Å²) in [5.74, 6) is 1.71. The topological polar surface area (TPSA) is 43.6 Å². The molecule has 110 valence electrons. The van der Waals surface area contributed by atoms with E-state index in [9.17, 15) is 0 Å². The Morgan fingerprint density at radius 2 is 1.82 bits per heavy atom. The van der Waals surface area contributed by atoms with E-state index in [1.807, 2.05) is 36.4 Å². The fraction of sp³-hybridized carbons (Fsp3) is 0.118. The van der Waals surface area contributed by atoms with Gasteiger partial charge in [-0.05, 0) is 17.7 Å². The minimum absolute atomic E-state index is 0.682. The number of allylic oxidation sites excluding steroid dienone is 1. The van der Waals surface area contributed by atoms with Crippen LogP contribution in [0.1, 0.15) is 5.56 Å². The van der Waals surface area contributed by atoms with E-state index in [1.54, 1.807) is 24.2 Å². The normalized spacial score (nSPS) is 10.5. The van der Waals surface area contributed by atoms with Crippen molar-refractivity contribution < 1.29 is 0 Å². The highest BCUT2D eigenvalue weighted by Crippen LogP contribution is 2.26. The maximum atomic E-state index is 4.33. The van der Waals surface area contributed by atoms with Crippen molar-refractivity contribution in [3.8, 4) is 11.4 Å². The molecule has 0 amide bonds. The molecule has 0 aliphatic heterocycles. The smallest absolute Gasteiger partial charge is 0.192 e. The maximum absolute atomic E-state index is 4.33. The number of pyridine rings is 1. The standard InChI is InChI=1S/C17H16N4S/c1-2-12-21-16(15-8-10-18-11-9-15)19-20-17(21)22-13-14-6-4-3-5-7-14/h2-11H,1,12-13H2. The van der Waals surface area contributed by atoms with Crippen LogP contribution in [0.25, 0.3) is 11.4 Å². The Kier molecular flexibility index (Phi) is 4.65. The lowest BCUT2D eigenvalue weighted by Crippen LogP contribution is -2.00. The van der Waals surface area contributed by atoms with E-state index in [1.165, 1.54) is 5.56 Å². The van der Waals surface area contributed by atoms with E-state index in [0.717, 1.165) is 22.3 Å².